The first-order valence-corrected chi connectivity index (χ1v) is 9.20. The number of nitrogens with zero attached hydrogens (tertiary/aromatic N) is 1. The van der Waals surface area contributed by atoms with Gasteiger partial charge in [0.2, 0.25) is 0 Å². The Labute approximate surface area is 168 Å². The molecule has 0 bridgehead atoms. The number of para-hydroxylation sites is 2. The molecule has 0 aliphatic heterocycles. The molecular formula is C22H23NO6. The Morgan fingerprint density at radius 1 is 1.21 bits per heavy atom. The van der Waals surface area contributed by atoms with Crippen LogP contribution in [0.5, 0.6) is 11.5 Å². The highest BCUT2D eigenvalue weighted by molar-refractivity contribution is 5.90. The molecule has 0 N–H and O–H groups in total. The maximum absolute atomic E-state index is 12.5. The summed E-state index contributed by atoms with van der Waals surface area (Å²) in [6, 6.07) is 10.5. The van der Waals surface area contributed by atoms with E-state index in [-0.39, 0.29) is 6.61 Å². The lowest BCUT2D eigenvalue weighted by Gasteiger charge is -2.14. The summed E-state index contributed by atoms with van der Waals surface area (Å²) in [4.78, 5) is 24.5. The third kappa shape index (κ3) is 4.34. The Bertz CT molecular complexity index is 1080. The molecule has 7 nitrogen and oxygen atoms in total. The molecule has 0 fully saturated rings. The van der Waals surface area contributed by atoms with Crippen LogP contribution in [0, 0.1) is 0 Å². The van der Waals surface area contributed by atoms with Crippen molar-refractivity contribution in [3.8, 4) is 11.5 Å². The van der Waals surface area contributed by atoms with Crippen molar-refractivity contribution >= 4 is 17.1 Å². The fourth-order valence-electron chi connectivity index (χ4n) is 3.16. The lowest BCUT2D eigenvalue weighted by Crippen LogP contribution is -2.16. The molecule has 0 saturated heterocycles. The molecule has 0 aliphatic rings. The second-order valence-electron chi connectivity index (χ2n) is 6.34. The van der Waals surface area contributed by atoms with E-state index in [0.717, 1.165) is 11.1 Å². The number of ether oxygens (including phenoxy) is 3. The number of carbonyl (C=O) groups excluding carboxylic acids is 1. The fraction of sp³-hybridized carbons (Fsp3) is 0.273. The van der Waals surface area contributed by atoms with Crippen molar-refractivity contribution < 1.29 is 23.4 Å². The van der Waals surface area contributed by atoms with Crippen molar-refractivity contribution in [2.75, 3.05) is 20.8 Å². The van der Waals surface area contributed by atoms with Gasteiger partial charge >= 0.3 is 11.7 Å². The van der Waals surface area contributed by atoms with Crippen molar-refractivity contribution in [2.45, 2.75) is 19.4 Å². The molecule has 2 aromatic carbocycles. The quantitative estimate of drug-likeness (QED) is 0.312. The topological polar surface area (TPSA) is 79.9 Å². The van der Waals surface area contributed by atoms with Crippen molar-refractivity contribution in [2.24, 2.45) is 0 Å². The Kier molecular flexibility index (Phi) is 6.39. The number of allylic oxidation sites excluding steroid dienone is 1. The summed E-state index contributed by atoms with van der Waals surface area (Å²) in [5.41, 5.74) is 2.41. The van der Waals surface area contributed by atoms with Crippen molar-refractivity contribution in [1.82, 2.24) is 4.57 Å². The second kappa shape index (κ2) is 9.14. The molecule has 0 saturated carbocycles. The largest absolute Gasteiger partial charge is 0.493 e. The molecule has 0 atom stereocenters. The minimum absolute atomic E-state index is 0.163. The normalized spacial score (nSPS) is 10.7. The Morgan fingerprint density at radius 2 is 2.00 bits per heavy atom. The van der Waals surface area contributed by atoms with E-state index in [4.69, 9.17) is 18.6 Å². The third-order valence-corrected chi connectivity index (χ3v) is 4.49. The first kappa shape index (κ1) is 20.3. The summed E-state index contributed by atoms with van der Waals surface area (Å²) in [6.07, 6.45) is 2.72. The standard InChI is InChI=1S/C22H23NO6/c1-4-8-15-13-16(14-19(26-2)20(15)27-3)21(24)28-12-7-11-23-17-9-5-6-10-18(17)29-22(23)25/h4-6,9-10,13-14H,1,7-8,11-12H2,2-3H3. The van der Waals surface area contributed by atoms with Gasteiger partial charge in [0, 0.05) is 12.1 Å². The highest BCUT2D eigenvalue weighted by Crippen LogP contribution is 2.33. The summed E-state index contributed by atoms with van der Waals surface area (Å²) < 4.78 is 22.8. The zero-order valence-corrected chi connectivity index (χ0v) is 16.5. The van der Waals surface area contributed by atoms with E-state index < -0.39 is 11.7 Å². The van der Waals surface area contributed by atoms with Gasteiger partial charge in [-0.05, 0) is 37.1 Å². The molecule has 0 radical (unpaired) electrons. The van der Waals surface area contributed by atoms with Crippen LogP contribution in [0.25, 0.3) is 11.1 Å². The maximum atomic E-state index is 12.5. The van der Waals surface area contributed by atoms with Gasteiger partial charge in [-0.2, -0.15) is 0 Å². The molecule has 3 aromatic rings. The average molecular weight is 397 g/mol. The molecular weight excluding hydrogens is 374 g/mol. The van der Waals surface area contributed by atoms with Gasteiger partial charge in [-0.3, -0.25) is 4.57 Å². The molecule has 0 spiro atoms. The van der Waals surface area contributed by atoms with Crippen molar-refractivity contribution in [1.29, 1.82) is 0 Å². The van der Waals surface area contributed by atoms with Gasteiger partial charge in [-0.15, -0.1) is 6.58 Å². The molecule has 29 heavy (non-hydrogen) atoms. The Morgan fingerprint density at radius 3 is 2.72 bits per heavy atom. The van der Waals surface area contributed by atoms with Crippen LogP contribution >= 0.6 is 0 Å². The number of oxazole rings is 1. The van der Waals surface area contributed by atoms with Gasteiger partial charge in [0.05, 0.1) is 31.9 Å². The predicted molar refractivity (Wildman–Crippen MR) is 109 cm³/mol. The van der Waals surface area contributed by atoms with Crippen molar-refractivity contribution in [3.63, 3.8) is 0 Å². The molecule has 0 aliphatic carbocycles. The van der Waals surface area contributed by atoms with Crippen LogP contribution in [0.3, 0.4) is 0 Å². The summed E-state index contributed by atoms with van der Waals surface area (Å²) in [5.74, 6) is 0.123. The van der Waals surface area contributed by atoms with E-state index in [2.05, 4.69) is 6.58 Å². The summed E-state index contributed by atoms with van der Waals surface area (Å²) in [5, 5.41) is 0. The molecule has 7 heteroatoms. The third-order valence-electron chi connectivity index (χ3n) is 4.49. The lowest BCUT2D eigenvalue weighted by atomic mass is 10.1. The summed E-state index contributed by atoms with van der Waals surface area (Å²) in [6.45, 7) is 4.28. The molecule has 0 amide bonds. The summed E-state index contributed by atoms with van der Waals surface area (Å²) in [7, 11) is 3.06. The Hall–Kier alpha value is -3.48. The second-order valence-corrected chi connectivity index (χ2v) is 6.34. The van der Waals surface area contributed by atoms with E-state index in [1.54, 1.807) is 37.5 Å². The van der Waals surface area contributed by atoms with Crippen LogP contribution in [0.2, 0.25) is 0 Å². The smallest absolute Gasteiger partial charge is 0.419 e. The SMILES string of the molecule is C=CCc1cc(C(=O)OCCCn2c(=O)oc3ccccc32)cc(OC)c1OC. The number of fused-ring (bicyclic) bond motifs is 1. The lowest BCUT2D eigenvalue weighted by molar-refractivity contribution is 0.0495. The van der Waals surface area contributed by atoms with Gasteiger partial charge in [0.1, 0.15) is 0 Å². The molecule has 1 aromatic heterocycles. The van der Waals surface area contributed by atoms with Gasteiger partial charge in [-0.1, -0.05) is 18.2 Å². The van der Waals surface area contributed by atoms with Crippen LogP contribution in [0.4, 0.5) is 0 Å². The van der Waals surface area contributed by atoms with E-state index in [1.807, 2.05) is 12.1 Å². The van der Waals surface area contributed by atoms with Crippen LogP contribution in [0.1, 0.15) is 22.3 Å². The minimum Gasteiger partial charge on any atom is -0.493 e. The molecule has 0 unspecified atom stereocenters. The average Bonchev–Trinajstić information content (AvgIpc) is 3.05. The number of carbonyl (C=O) groups is 1. The molecule has 3 rings (SSSR count). The van der Waals surface area contributed by atoms with Gasteiger partial charge < -0.3 is 18.6 Å². The van der Waals surface area contributed by atoms with Crippen LogP contribution in [-0.2, 0) is 17.7 Å². The molecule has 152 valence electrons. The Balaban J connectivity index is 1.66. The summed E-state index contributed by atoms with van der Waals surface area (Å²) >= 11 is 0. The van der Waals surface area contributed by atoms with Crippen LogP contribution < -0.4 is 15.2 Å². The number of rotatable bonds is 9. The number of aryl methyl sites for hydroxylation is 1. The van der Waals surface area contributed by atoms with E-state index in [1.165, 1.54) is 11.7 Å². The zero-order chi connectivity index (χ0) is 20.8. The van der Waals surface area contributed by atoms with Gasteiger partial charge in [-0.25, -0.2) is 9.59 Å². The van der Waals surface area contributed by atoms with Crippen molar-refractivity contribution in [3.05, 3.63) is 70.7 Å². The first-order chi connectivity index (χ1) is 14.1. The van der Waals surface area contributed by atoms with E-state index >= 15 is 0 Å². The van der Waals surface area contributed by atoms with Crippen LogP contribution in [0.15, 0.2) is 58.3 Å². The highest BCUT2D eigenvalue weighted by atomic mass is 16.5. The number of aromatic nitrogens is 1. The number of hydrogen-bond donors (Lipinski definition) is 0. The minimum atomic E-state index is -0.472. The number of methoxy groups -OCH3 is 2. The number of benzene rings is 2. The van der Waals surface area contributed by atoms with Gasteiger partial charge in [0.15, 0.2) is 17.1 Å². The van der Waals surface area contributed by atoms with Crippen LogP contribution in [-0.4, -0.2) is 31.4 Å². The fourth-order valence-corrected chi connectivity index (χ4v) is 3.16. The molecule has 1 heterocycles. The van der Waals surface area contributed by atoms with Gasteiger partial charge in [0.25, 0.3) is 0 Å². The zero-order valence-electron chi connectivity index (χ0n) is 16.5. The van der Waals surface area contributed by atoms with E-state index in [9.17, 15) is 9.59 Å². The highest BCUT2D eigenvalue weighted by Gasteiger charge is 2.17. The monoisotopic (exact) mass is 397 g/mol. The first-order valence-electron chi connectivity index (χ1n) is 9.20. The number of hydrogen-bond acceptors (Lipinski definition) is 6. The van der Waals surface area contributed by atoms with E-state index in [0.29, 0.717) is 42.0 Å². The maximum Gasteiger partial charge on any atom is 0.419 e. The number of esters is 1. The predicted octanol–water partition coefficient (Wildman–Crippen LogP) is 3.59.